The van der Waals surface area contributed by atoms with Crippen LogP contribution in [-0.2, 0) is 13.1 Å². The molecule has 4 rings (SSSR count). The van der Waals surface area contributed by atoms with Crippen LogP contribution < -0.4 is 5.43 Å². The van der Waals surface area contributed by atoms with E-state index in [1.54, 1.807) is 39.8 Å². The summed E-state index contributed by atoms with van der Waals surface area (Å²) < 4.78 is 1.73. The van der Waals surface area contributed by atoms with E-state index in [2.05, 4.69) is 0 Å². The van der Waals surface area contributed by atoms with Gasteiger partial charge in [0.15, 0.2) is 11.4 Å². The number of hydrogen-bond acceptors (Lipinski definition) is 3. The molecule has 1 N–H and O–H groups in total. The summed E-state index contributed by atoms with van der Waals surface area (Å²) in [5.74, 6) is -0.842. The Balaban J connectivity index is 1.79. The number of hydrogen-bond donors (Lipinski definition) is 1. The molecule has 0 bridgehead atoms. The minimum atomic E-state index is -0.514. The maximum atomic E-state index is 12.9. The van der Waals surface area contributed by atoms with E-state index in [0.717, 1.165) is 5.56 Å². The number of pyridine rings is 1. The van der Waals surface area contributed by atoms with Gasteiger partial charge >= 0.3 is 0 Å². The lowest BCUT2D eigenvalue weighted by Crippen LogP contribution is -2.41. The molecular weight excluding hydrogens is 340 g/mol. The van der Waals surface area contributed by atoms with Crippen molar-refractivity contribution in [2.75, 3.05) is 6.54 Å². The Bertz CT molecular complexity index is 1060. The maximum absolute atomic E-state index is 12.9. The van der Waals surface area contributed by atoms with Crippen LogP contribution in [0.5, 0.6) is 5.75 Å². The van der Waals surface area contributed by atoms with Gasteiger partial charge in [-0.2, -0.15) is 0 Å². The highest BCUT2D eigenvalue weighted by Crippen LogP contribution is 2.26. The van der Waals surface area contributed by atoms with Gasteiger partial charge in [0.1, 0.15) is 0 Å². The number of rotatable bonds is 2. The number of aromatic hydroxyl groups is 1. The summed E-state index contributed by atoms with van der Waals surface area (Å²) in [6, 6.07) is 14.3. The molecule has 1 aliphatic heterocycles. The third kappa shape index (κ3) is 2.57. The van der Waals surface area contributed by atoms with Crippen molar-refractivity contribution in [1.29, 1.82) is 0 Å². The third-order valence-corrected chi connectivity index (χ3v) is 4.73. The lowest BCUT2D eigenvalue weighted by Gasteiger charge is -2.31. The van der Waals surface area contributed by atoms with Crippen LogP contribution in [0.15, 0.2) is 53.3 Å². The van der Waals surface area contributed by atoms with E-state index in [0.29, 0.717) is 35.6 Å². The van der Waals surface area contributed by atoms with E-state index in [1.165, 1.54) is 0 Å². The van der Waals surface area contributed by atoms with Gasteiger partial charge in [-0.05, 0) is 29.8 Å². The van der Waals surface area contributed by atoms with Gasteiger partial charge in [-0.15, -0.1) is 0 Å². The number of fused-ring (bicyclic) bond motifs is 3. The second-order valence-electron chi connectivity index (χ2n) is 6.05. The van der Waals surface area contributed by atoms with Crippen LogP contribution in [0.3, 0.4) is 0 Å². The number of carbonyl (C=O) groups is 1. The van der Waals surface area contributed by atoms with E-state index in [9.17, 15) is 14.7 Å². The largest absolute Gasteiger partial charge is 0.503 e. The highest BCUT2D eigenvalue weighted by molar-refractivity contribution is 6.30. The second kappa shape index (κ2) is 5.93. The van der Waals surface area contributed by atoms with Crippen molar-refractivity contribution in [3.63, 3.8) is 0 Å². The SMILES string of the molecule is O=C1c2c(O)c(=O)c3ccccc3n2CCN1Cc1cccc(Cl)c1. The molecule has 126 valence electrons. The van der Waals surface area contributed by atoms with Crippen LogP contribution in [0.4, 0.5) is 0 Å². The van der Waals surface area contributed by atoms with E-state index in [1.807, 2.05) is 18.2 Å². The highest BCUT2D eigenvalue weighted by atomic mass is 35.5. The average molecular weight is 355 g/mol. The van der Waals surface area contributed by atoms with Crippen molar-refractivity contribution >= 4 is 28.4 Å². The van der Waals surface area contributed by atoms with Gasteiger partial charge in [0.05, 0.1) is 5.52 Å². The fourth-order valence-corrected chi connectivity index (χ4v) is 3.52. The molecule has 25 heavy (non-hydrogen) atoms. The van der Waals surface area contributed by atoms with Gasteiger partial charge < -0.3 is 14.6 Å². The molecule has 2 aromatic carbocycles. The monoisotopic (exact) mass is 354 g/mol. The Labute approximate surface area is 148 Å². The van der Waals surface area contributed by atoms with E-state index >= 15 is 0 Å². The second-order valence-corrected chi connectivity index (χ2v) is 6.49. The molecule has 5 nitrogen and oxygen atoms in total. The zero-order chi connectivity index (χ0) is 17.6. The first-order valence-electron chi connectivity index (χ1n) is 7.94. The first kappa shape index (κ1) is 15.7. The predicted octanol–water partition coefficient (Wildman–Crippen LogP) is 3.02. The number of aromatic nitrogens is 1. The summed E-state index contributed by atoms with van der Waals surface area (Å²) in [6.07, 6.45) is 0. The molecule has 0 aliphatic carbocycles. The van der Waals surface area contributed by atoms with Crippen molar-refractivity contribution < 1.29 is 9.90 Å². The quantitative estimate of drug-likeness (QED) is 0.769. The van der Waals surface area contributed by atoms with E-state index in [4.69, 9.17) is 11.6 Å². The number of carbonyl (C=O) groups excluding carboxylic acids is 1. The fourth-order valence-electron chi connectivity index (χ4n) is 3.31. The van der Waals surface area contributed by atoms with Crippen molar-refractivity contribution in [2.24, 2.45) is 0 Å². The molecule has 3 aromatic rings. The molecule has 2 heterocycles. The van der Waals surface area contributed by atoms with Crippen LogP contribution in [0.2, 0.25) is 5.02 Å². The van der Waals surface area contributed by atoms with Crippen LogP contribution in [0.1, 0.15) is 16.1 Å². The van der Waals surface area contributed by atoms with Crippen LogP contribution in [0.25, 0.3) is 10.9 Å². The van der Waals surface area contributed by atoms with Crippen molar-refractivity contribution in [3.05, 3.63) is 75.0 Å². The Hall–Kier alpha value is -2.79. The predicted molar refractivity (Wildman–Crippen MR) is 96.1 cm³/mol. The van der Waals surface area contributed by atoms with Gasteiger partial charge in [0.25, 0.3) is 5.91 Å². The summed E-state index contributed by atoms with van der Waals surface area (Å²) in [6.45, 7) is 1.38. The molecule has 1 aliphatic rings. The molecule has 0 saturated heterocycles. The normalized spacial score (nSPS) is 14.0. The van der Waals surface area contributed by atoms with Gasteiger partial charge in [0, 0.05) is 30.0 Å². The summed E-state index contributed by atoms with van der Waals surface area (Å²) in [4.78, 5) is 26.9. The smallest absolute Gasteiger partial charge is 0.274 e. The Morgan fingerprint density at radius 2 is 1.84 bits per heavy atom. The Morgan fingerprint density at radius 1 is 1.04 bits per heavy atom. The van der Waals surface area contributed by atoms with E-state index < -0.39 is 11.2 Å². The van der Waals surface area contributed by atoms with Crippen molar-refractivity contribution in [3.8, 4) is 5.75 Å². The average Bonchev–Trinajstić information content (AvgIpc) is 2.61. The minimum absolute atomic E-state index is 0.0528. The zero-order valence-corrected chi connectivity index (χ0v) is 14.0. The summed E-state index contributed by atoms with van der Waals surface area (Å²) in [7, 11) is 0. The molecule has 0 unspecified atom stereocenters. The third-order valence-electron chi connectivity index (χ3n) is 4.49. The lowest BCUT2D eigenvalue weighted by atomic mass is 10.1. The lowest BCUT2D eigenvalue weighted by molar-refractivity contribution is 0.0686. The number of halogens is 1. The standard InChI is InChI=1S/C19H15ClN2O3/c20-13-5-3-4-12(10-13)11-21-8-9-22-15-7-2-1-6-14(15)17(23)18(24)16(22)19(21)25/h1-7,10,24H,8-9,11H2. The number of benzene rings is 2. The summed E-state index contributed by atoms with van der Waals surface area (Å²) in [5.41, 5.74) is 1.10. The number of amides is 1. The minimum Gasteiger partial charge on any atom is -0.503 e. The van der Waals surface area contributed by atoms with Gasteiger partial charge in [-0.1, -0.05) is 35.9 Å². The molecule has 0 fully saturated rings. The zero-order valence-electron chi connectivity index (χ0n) is 13.3. The van der Waals surface area contributed by atoms with Gasteiger partial charge in [-0.3, -0.25) is 9.59 Å². The Morgan fingerprint density at radius 3 is 2.64 bits per heavy atom. The van der Waals surface area contributed by atoms with Crippen LogP contribution in [-0.4, -0.2) is 27.0 Å². The van der Waals surface area contributed by atoms with Crippen LogP contribution >= 0.6 is 11.6 Å². The molecule has 1 aromatic heterocycles. The number of para-hydroxylation sites is 1. The van der Waals surface area contributed by atoms with Crippen molar-refractivity contribution in [2.45, 2.75) is 13.1 Å². The van der Waals surface area contributed by atoms with Gasteiger partial charge in [0.2, 0.25) is 5.43 Å². The molecule has 0 spiro atoms. The fraction of sp³-hybridized carbons (Fsp3) is 0.158. The van der Waals surface area contributed by atoms with Gasteiger partial charge in [-0.25, -0.2) is 0 Å². The molecule has 1 amide bonds. The molecule has 0 atom stereocenters. The first-order valence-corrected chi connectivity index (χ1v) is 8.32. The van der Waals surface area contributed by atoms with Crippen LogP contribution in [0, 0.1) is 0 Å². The number of nitrogens with zero attached hydrogens (tertiary/aromatic N) is 2. The summed E-state index contributed by atoms with van der Waals surface area (Å²) in [5, 5.41) is 11.4. The topological polar surface area (TPSA) is 62.5 Å². The summed E-state index contributed by atoms with van der Waals surface area (Å²) >= 11 is 6.00. The highest BCUT2D eigenvalue weighted by Gasteiger charge is 2.30. The maximum Gasteiger partial charge on any atom is 0.274 e. The Kier molecular flexibility index (Phi) is 3.73. The molecular formula is C19H15ClN2O3. The molecule has 6 heteroatoms. The van der Waals surface area contributed by atoms with E-state index in [-0.39, 0.29) is 11.6 Å². The molecule has 0 saturated carbocycles. The van der Waals surface area contributed by atoms with Crippen molar-refractivity contribution in [1.82, 2.24) is 9.47 Å². The first-order chi connectivity index (χ1) is 12.1. The molecule has 0 radical (unpaired) electrons.